The first-order valence-electron chi connectivity index (χ1n) is 6.49. The molecule has 0 aromatic carbocycles. The predicted octanol–water partition coefficient (Wildman–Crippen LogP) is 3.46. The zero-order valence-corrected chi connectivity index (χ0v) is 11.8. The second-order valence-corrected chi connectivity index (χ2v) is 5.88. The SMILES string of the molecule is COC(=O)c1csc(C(O)C2CCCCC2)c1C. The predicted molar refractivity (Wildman–Crippen MR) is 71.9 cm³/mol. The summed E-state index contributed by atoms with van der Waals surface area (Å²) in [5, 5.41) is 12.2. The molecule has 1 N–H and O–H groups in total. The Kier molecular flexibility index (Phi) is 4.40. The summed E-state index contributed by atoms with van der Waals surface area (Å²) in [6.07, 6.45) is 5.44. The molecule has 0 bridgehead atoms. The van der Waals surface area contributed by atoms with Crippen LogP contribution < -0.4 is 0 Å². The van der Waals surface area contributed by atoms with Crippen LogP contribution in [0.4, 0.5) is 0 Å². The molecule has 1 fully saturated rings. The van der Waals surface area contributed by atoms with E-state index in [4.69, 9.17) is 4.74 Å². The maximum absolute atomic E-state index is 11.5. The summed E-state index contributed by atoms with van der Waals surface area (Å²) >= 11 is 1.47. The molecule has 1 aliphatic carbocycles. The minimum atomic E-state index is -0.422. The van der Waals surface area contributed by atoms with E-state index in [9.17, 15) is 9.90 Å². The number of thiophene rings is 1. The molecule has 0 saturated heterocycles. The molecule has 1 unspecified atom stereocenters. The monoisotopic (exact) mass is 268 g/mol. The van der Waals surface area contributed by atoms with Gasteiger partial charge in [0.2, 0.25) is 0 Å². The van der Waals surface area contributed by atoms with Crippen LogP contribution in [0.2, 0.25) is 0 Å². The molecule has 1 heterocycles. The van der Waals surface area contributed by atoms with Crippen molar-refractivity contribution >= 4 is 17.3 Å². The van der Waals surface area contributed by atoms with Gasteiger partial charge in [0.1, 0.15) is 0 Å². The van der Waals surface area contributed by atoms with Crippen molar-refractivity contribution < 1.29 is 14.6 Å². The van der Waals surface area contributed by atoms with Crippen molar-refractivity contribution in [1.29, 1.82) is 0 Å². The molecule has 1 saturated carbocycles. The van der Waals surface area contributed by atoms with Crippen LogP contribution >= 0.6 is 11.3 Å². The number of methoxy groups -OCH3 is 1. The first-order valence-corrected chi connectivity index (χ1v) is 7.37. The van der Waals surface area contributed by atoms with Crippen LogP contribution in [0.15, 0.2) is 5.38 Å². The molecule has 0 aliphatic heterocycles. The Morgan fingerprint density at radius 2 is 2.11 bits per heavy atom. The Hall–Kier alpha value is -0.870. The van der Waals surface area contributed by atoms with E-state index in [0.717, 1.165) is 23.3 Å². The fraction of sp³-hybridized carbons (Fsp3) is 0.643. The average Bonchev–Trinajstić information content (AvgIpc) is 2.80. The summed E-state index contributed by atoms with van der Waals surface area (Å²) in [6.45, 7) is 1.89. The molecule has 0 radical (unpaired) electrons. The smallest absolute Gasteiger partial charge is 0.338 e. The first kappa shape index (κ1) is 13.6. The van der Waals surface area contributed by atoms with E-state index in [1.165, 1.54) is 37.7 Å². The van der Waals surface area contributed by atoms with Crippen LogP contribution in [-0.4, -0.2) is 18.2 Å². The molecule has 4 heteroatoms. The lowest BCUT2D eigenvalue weighted by molar-refractivity contribution is 0.0599. The third kappa shape index (κ3) is 2.59. The first-order chi connectivity index (χ1) is 8.65. The van der Waals surface area contributed by atoms with Crippen molar-refractivity contribution in [3.8, 4) is 0 Å². The Balaban J connectivity index is 2.17. The third-order valence-corrected chi connectivity index (χ3v) is 5.00. The van der Waals surface area contributed by atoms with Crippen molar-refractivity contribution in [3.05, 3.63) is 21.4 Å². The minimum absolute atomic E-state index is 0.314. The summed E-state index contributed by atoms with van der Waals surface area (Å²) in [7, 11) is 1.39. The largest absolute Gasteiger partial charge is 0.465 e. The van der Waals surface area contributed by atoms with E-state index >= 15 is 0 Å². The highest BCUT2D eigenvalue weighted by atomic mass is 32.1. The molecule has 1 aromatic rings. The zero-order valence-electron chi connectivity index (χ0n) is 10.9. The number of aliphatic hydroxyl groups is 1. The van der Waals surface area contributed by atoms with Gasteiger partial charge in [-0.25, -0.2) is 4.79 Å². The highest BCUT2D eigenvalue weighted by Gasteiger charge is 2.27. The molecular weight excluding hydrogens is 248 g/mol. The number of aliphatic hydroxyl groups excluding tert-OH is 1. The molecule has 0 spiro atoms. The molecule has 3 nitrogen and oxygen atoms in total. The number of hydrogen-bond donors (Lipinski definition) is 1. The standard InChI is InChI=1S/C14H20O3S/c1-9-11(14(16)17-2)8-18-13(9)12(15)10-6-4-3-5-7-10/h8,10,12,15H,3-7H2,1-2H3. The second kappa shape index (κ2) is 5.85. The van der Waals surface area contributed by atoms with Gasteiger partial charge < -0.3 is 9.84 Å². The van der Waals surface area contributed by atoms with Gasteiger partial charge in [0.25, 0.3) is 0 Å². The van der Waals surface area contributed by atoms with E-state index in [1.807, 2.05) is 6.92 Å². The Morgan fingerprint density at radius 1 is 1.44 bits per heavy atom. The highest BCUT2D eigenvalue weighted by Crippen LogP contribution is 2.38. The van der Waals surface area contributed by atoms with Crippen LogP contribution in [0.3, 0.4) is 0 Å². The number of esters is 1. The fourth-order valence-corrected chi connectivity index (χ4v) is 3.84. The van der Waals surface area contributed by atoms with E-state index in [2.05, 4.69) is 0 Å². The van der Waals surface area contributed by atoms with Gasteiger partial charge in [0, 0.05) is 10.3 Å². The van der Waals surface area contributed by atoms with Crippen molar-refractivity contribution in [2.24, 2.45) is 5.92 Å². The molecule has 2 rings (SSSR count). The Bertz CT molecular complexity index is 419. The lowest BCUT2D eigenvalue weighted by atomic mass is 9.84. The van der Waals surface area contributed by atoms with E-state index in [1.54, 1.807) is 5.38 Å². The molecule has 100 valence electrons. The van der Waals surface area contributed by atoms with Gasteiger partial charge in [-0.2, -0.15) is 0 Å². The normalized spacial score (nSPS) is 18.6. The van der Waals surface area contributed by atoms with Crippen LogP contribution in [-0.2, 0) is 4.74 Å². The van der Waals surface area contributed by atoms with Crippen molar-refractivity contribution in [3.63, 3.8) is 0 Å². The van der Waals surface area contributed by atoms with Crippen molar-refractivity contribution in [2.75, 3.05) is 7.11 Å². The Labute approximate surface area is 112 Å². The van der Waals surface area contributed by atoms with Crippen LogP contribution in [0.5, 0.6) is 0 Å². The minimum Gasteiger partial charge on any atom is -0.465 e. The lowest BCUT2D eigenvalue weighted by Gasteiger charge is -2.26. The maximum Gasteiger partial charge on any atom is 0.338 e. The summed E-state index contributed by atoms with van der Waals surface area (Å²) in [4.78, 5) is 12.5. The van der Waals surface area contributed by atoms with Gasteiger partial charge in [0.15, 0.2) is 0 Å². The average molecular weight is 268 g/mol. The number of rotatable bonds is 3. The van der Waals surface area contributed by atoms with Gasteiger partial charge in [-0.3, -0.25) is 0 Å². The summed E-state index contributed by atoms with van der Waals surface area (Å²) in [5.41, 5.74) is 1.47. The van der Waals surface area contributed by atoms with E-state index in [-0.39, 0.29) is 5.97 Å². The van der Waals surface area contributed by atoms with E-state index in [0.29, 0.717) is 11.5 Å². The number of carbonyl (C=O) groups excluding carboxylic acids is 1. The Morgan fingerprint density at radius 3 is 2.72 bits per heavy atom. The third-order valence-electron chi connectivity index (χ3n) is 3.85. The second-order valence-electron chi connectivity index (χ2n) is 4.97. The zero-order chi connectivity index (χ0) is 13.1. The molecule has 1 aromatic heterocycles. The summed E-state index contributed by atoms with van der Waals surface area (Å²) in [6, 6.07) is 0. The quantitative estimate of drug-likeness (QED) is 0.854. The molecule has 1 aliphatic rings. The maximum atomic E-state index is 11.5. The van der Waals surface area contributed by atoms with Gasteiger partial charge in [0.05, 0.1) is 18.8 Å². The molecular formula is C14H20O3S. The number of ether oxygens (including phenoxy) is 1. The number of hydrogen-bond acceptors (Lipinski definition) is 4. The van der Waals surface area contributed by atoms with Crippen molar-refractivity contribution in [2.45, 2.75) is 45.1 Å². The fourth-order valence-electron chi connectivity index (χ4n) is 2.70. The van der Waals surface area contributed by atoms with Crippen molar-refractivity contribution in [1.82, 2.24) is 0 Å². The summed E-state index contributed by atoms with van der Waals surface area (Å²) in [5.74, 6) is 0.0347. The van der Waals surface area contributed by atoms with Gasteiger partial charge in [-0.05, 0) is 31.2 Å². The summed E-state index contributed by atoms with van der Waals surface area (Å²) < 4.78 is 4.74. The molecule has 18 heavy (non-hydrogen) atoms. The van der Waals surface area contributed by atoms with Crippen LogP contribution in [0, 0.1) is 12.8 Å². The van der Waals surface area contributed by atoms with Crippen LogP contribution in [0.25, 0.3) is 0 Å². The lowest BCUT2D eigenvalue weighted by Crippen LogP contribution is -2.16. The van der Waals surface area contributed by atoms with Crippen LogP contribution in [0.1, 0.15) is 59.0 Å². The molecule has 1 atom stereocenters. The van der Waals surface area contributed by atoms with Gasteiger partial charge in [-0.15, -0.1) is 11.3 Å². The highest BCUT2D eigenvalue weighted by molar-refractivity contribution is 7.10. The van der Waals surface area contributed by atoms with Gasteiger partial charge >= 0.3 is 5.97 Å². The number of carbonyl (C=O) groups is 1. The topological polar surface area (TPSA) is 46.5 Å². The van der Waals surface area contributed by atoms with Gasteiger partial charge in [-0.1, -0.05) is 19.3 Å². The van der Waals surface area contributed by atoms with E-state index < -0.39 is 6.10 Å². The molecule has 0 amide bonds.